The Hall–Kier alpha value is -2.96. The van der Waals surface area contributed by atoms with Gasteiger partial charge in [-0.15, -0.1) is 0 Å². The molecule has 0 aromatic heterocycles. The Morgan fingerprint density at radius 1 is 0.967 bits per heavy atom. The molecule has 0 atom stereocenters. The maximum Gasteiger partial charge on any atom is 0.324 e. The molecule has 30 heavy (non-hydrogen) atoms. The van der Waals surface area contributed by atoms with E-state index in [-0.39, 0.29) is 24.4 Å². The van der Waals surface area contributed by atoms with Crippen LogP contribution in [0.25, 0.3) is 0 Å². The minimum Gasteiger partial charge on any atom is -0.326 e. The summed E-state index contributed by atoms with van der Waals surface area (Å²) in [4.78, 5) is 28.5. The summed E-state index contributed by atoms with van der Waals surface area (Å²) < 4.78 is 26.9. The normalized spacial score (nSPS) is 17.5. The smallest absolute Gasteiger partial charge is 0.324 e. The minimum atomic E-state index is -0.651. The number of halogens is 2. The summed E-state index contributed by atoms with van der Waals surface area (Å²) in [5.41, 5.74) is 1.87. The molecule has 1 N–H and O–H groups in total. The third-order valence-electron chi connectivity index (χ3n) is 5.78. The predicted molar refractivity (Wildman–Crippen MR) is 111 cm³/mol. The van der Waals surface area contributed by atoms with Crippen molar-refractivity contribution in [1.82, 2.24) is 4.90 Å². The second kappa shape index (κ2) is 8.81. The number of nitrogens with zero attached hydrogens (tertiary/aromatic N) is 2. The van der Waals surface area contributed by atoms with Gasteiger partial charge >= 0.3 is 6.03 Å². The van der Waals surface area contributed by atoms with Crippen molar-refractivity contribution in [2.75, 3.05) is 23.3 Å². The Balaban J connectivity index is 1.41. The molecule has 1 aliphatic carbocycles. The van der Waals surface area contributed by atoms with E-state index < -0.39 is 11.6 Å². The van der Waals surface area contributed by atoms with Gasteiger partial charge in [0.25, 0.3) is 0 Å². The van der Waals surface area contributed by atoms with Crippen LogP contribution in [-0.2, 0) is 11.3 Å². The van der Waals surface area contributed by atoms with Crippen molar-refractivity contribution in [2.24, 2.45) is 5.92 Å². The van der Waals surface area contributed by atoms with E-state index in [1.807, 2.05) is 12.1 Å². The quantitative estimate of drug-likeness (QED) is 0.756. The second-order valence-corrected chi connectivity index (χ2v) is 8.00. The lowest BCUT2D eigenvalue weighted by Gasteiger charge is -2.35. The molecule has 0 radical (unpaired) electrons. The highest BCUT2D eigenvalue weighted by Gasteiger charge is 2.27. The molecule has 0 unspecified atom stereocenters. The lowest BCUT2D eigenvalue weighted by molar-refractivity contribution is -0.119. The van der Waals surface area contributed by atoms with E-state index in [0.29, 0.717) is 24.3 Å². The number of hydrogen-bond acceptors (Lipinski definition) is 2. The van der Waals surface area contributed by atoms with Crippen LogP contribution in [0, 0.1) is 17.6 Å². The first-order valence-corrected chi connectivity index (χ1v) is 10.4. The average molecular weight is 413 g/mol. The van der Waals surface area contributed by atoms with Crippen LogP contribution in [0.3, 0.4) is 0 Å². The van der Waals surface area contributed by atoms with Crippen LogP contribution in [0.4, 0.5) is 25.0 Å². The number of rotatable bonds is 5. The summed E-state index contributed by atoms with van der Waals surface area (Å²) in [7, 11) is 0. The Bertz CT molecular complexity index is 906. The highest BCUT2D eigenvalue weighted by atomic mass is 19.1. The van der Waals surface area contributed by atoms with Gasteiger partial charge in [-0.3, -0.25) is 9.69 Å². The number of hydrogen-bond donors (Lipinski definition) is 1. The van der Waals surface area contributed by atoms with Gasteiger partial charge in [0.05, 0.1) is 0 Å². The Morgan fingerprint density at radius 3 is 2.30 bits per heavy atom. The van der Waals surface area contributed by atoms with Crippen LogP contribution < -0.4 is 10.2 Å². The maximum absolute atomic E-state index is 13.5. The molecule has 2 aliphatic rings. The van der Waals surface area contributed by atoms with Gasteiger partial charge in [-0.1, -0.05) is 12.8 Å². The lowest BCUT2D eigenvalue weighted by Crippen LogP contribution is -2.49. The van der Waals surface area contributed by atoms with Crippen molar-refractivity contribution in [3.8, 4) is 0 Å². The van der Waals surface area contributed by atoms with E-state index >= 15 is 0 Å². The van der Waals surface area contributed by atoms with E-state index in [9.17, 15) is 18.4 Å². The first-order valence-electron chi connectivity index (χ1n) is 10.4. The van der Waals surface area contributed by atoms with Crippen molar-refractivity contribution in [2.45, 2.75) is 38.6 Å². The standard InChI is InChI=1S/C23H25F2N3O2/c24-18-12-16(13-19(25)14-18)15-27-10-3-11-28(23(27)30)21-8-6-20(7-9-21)26-22(29)17-4-1-2-5-17/h6-9,12-14,17H,1-5,10-11,15H2,(H,26,29). The van der Waals surface area contributed by atoms with E-state index in [1.165, 1.54) is 12.1 Å². The number of urea groups is 1. The zero-order valence-electron chi connectivity index (χ0n) is 16.7. The molecule has 3 amide bonds. The molecule has 2 aromatic rings. The molecule has 1 heterocycles. The summed E-state index contributed by atoms with van der Waals surface area (Å²) >= 11 is 0. The van der Waals surface area contributed by atoms with Crippen molar-refractivity contribution in [3.05, 3.63) is 59.7 Å². The molecule has 158 valence electrons. The van der Waals surface area contributed by atoms with Crippen LogP contribution in [-0.4, -0.2) is 29.9 Å². The molecular weight excluding hydrogens is 388 g/mol. The number of benzene rings is 2. The first-order chi connectivity index (χ1) is 14.5. The Morgan fingerprint density at radius 2 is 1.63 bits per heavy atom. The molecule has 1 saturated carbocycles. The van der Waals surface area contributed by atoms with Crippen molar-refractivity contribution in [1.29, 1.82) is 0 Å². The first kappa shape index (κ1) is 20.3. The summed E-state index contributed by atoms with van der Waals surface area (Å²) in [5.74, 6) is -1.15. The van der Waals surface area contributed by atoms with Gasteiger partial charge in [0.15, 0.2) is 0 Å². The zero-order chi connectivity index (χ0) is 21.1. The number of amides is 3. The van der Waals surface area contributed by atoms with Gasteiger partial charge in [-0.2, -0.15) is 0 Å². The summed E-state index contributed by atoms with van der Waals surface area (Å²) in [6, 6.07) is 10.3. The number of carbonyl (C=O) groups excluding carboxylic acids is 2. The van der Waals surface area contributed by atoms with Crippen LogP contribution in [0.1, 0.15) is 37.7 Å². The molecule has 1 saturated heterocycles. The maximum atomic E-state index is 13.5. The molecule has 7 heteroatoms. The van der Waals surface area contributed by atoms with Crippen LogP contribution in [0.5, 0.6) is 0 Å². The number of anilines is 2. The minimum absolute atomic E-state index is 0.0581. The SMILES string of the molecule is O=C(Nc1ccc(N2CCCN(Cc3cc(F)cc(F)c3)C2=O)cc1)C1CCCC1. The molecule has 0 spiro atoms. The highest BCUT2D eigenvalue weighted by molar-refractivity contribution is 5.95. The van der Waals surface area contributed by atoms with E-state index in [1.54, 1.807) is 21.9 Å². The van der Waals surface area contributed by atoms with Gasteiger partial charge in [0.1, 0.15) is 11.6 Å². The van der Waals surface area contributed by atoms with E-state index in [4.69, 9.17) is 0 Å². The molecule has 2 aromatic carbocycles. The summed E-state index contributed by atoms with van der Waals surface area (Å²) in [5, 5.41) is 2.95. The van der Waals surface area contributed by atoms with Crippen LogP contribution in [0.2, 0.25) is 0 Å². The van der Waals surface area contributed by atoms with Crippen molar-refractivity contribution < 1.29 is 18.4 Å². The third-order valence-corrected chi connectivity index (χ3v) is 5.78. The largest absolute Gasteiger partial charge is 0.326 e. The lowest BCUT2D eigenvalue weighted by atomic mass is 10.1. The van der Waals surface area contributed by atoms with E-state index in [0.717, 1.165) is 43.9 Å². The fraction of sp³-hybridized carbons (Fsp3) is 0.391. The van der Waals surface area contributed by atoms with Gasteiger partial charge in [0.2, 0.25) is 5.91 Å². The van der Waals surface area contributed by atoms with Crippen LogP contribution >= 0.6 is 0 Å². The van der Waals surface area contributed by atoms with Gasteiger partial charge < -0.3 is 10.2 Å². The zero-order valence-corrected chi connectivity index (χ0v) is 16.7. The monoisotopic (exact) mass is 413 g/mol. The van der Waals surface area contributed by atoms with Crippen molar-refractivity contribution >= 4 is 23.3 Å². The number of nitrogens with one attached hydrogen (secondary N) is 1. The number of carbonyl (C=O) groups is 2. The fourth-order valence-corrected chi connectivity index (χ4v) is 4.25. The molecule has 5 nitrogen and oxygen atoms in total. The van der Waals surface area contributed by atoms with Crippen molar-refractivity contribution in [3.63, 3.8) is 0 Å². The topological polar surface area (TPSA) is 52.7 Å². The Labute approximate surface area is 174 Å². The summed E-state index contributed by atoms with van der Waals surface area (Å²) in [6.07, 6.45) is 4.85. The van der Waals surface area contributed by atoms with Gasteiger partial charge in [0, 0.05) is 43.0 Å². The molecule has 0 bridgehead atoms. The third kappa shape index (κ3) is 4.61. The molecular formula is C23H25F2N3O2. The Kier molecular flexibility index (Phi) is 5.97. The highest BCUT2D eigenvalue weighted by Crippen LogP contribution is 2.27. The second-order valence-electron chi connectivity index (χ2n) is 8.00. The predicted octanol–water partition coefficient (Wildman–Crippen LogP) is 4.93. The van der Waals surface area contributed by atoms with Gasteiger partial charge in [-0.25, -0.2) is 13.6 Å². The molecule has 2 fully saturated rings. The van der Waals surface area contributed by atoms with Crippen LogP contribution in [0.15, 0.2) is 42.5 Å². The fourth-order valence-electron chi connectivity index (χ4n) is 4.25. The average Bonchev–Trinajstić information content (AvgIpc) is 3.25. The summed E-state index contributed by atoms with van der Waals surface area (Å²) in [6.45, 7) is 1.25. The molecule has 4 rings (SSSR count). The van der Waals surface area contributed by atoms with Gasteiger partial charge in [-0.05, 0) is 61.2 Å². The van der Waals surface area contributed by atoms with E-state index in [2.05, 4.69) is 5.32 Å². The molecule has 1 aliphatic heterocycles.